The number of aromatic nitrogens is 4. The zero-order chi connectivity index (χ0) is 18.6. The second-order valence-electron chi connectivity index (χ2n) is 6.04. The molecule has 27 heavy (non-hydrogen) atoms. The van der Waals surface area contributed by atoms with Gasteiger partial charge in [-0.05, 0) is 30.7 Å². The molecular weight excluding hydrogens is 340 g/mol. The number of nitrogens with one attached hydrogen (secondary N) is 1. The van der Waals surface area contributed by atoms with Crippen molar-refractivity contribution in [3.8, 4) is 11.6 Å². The van der Waals surface area contributed by atoms with Crippen molar-refractivity contribution in [3.05, 3.63) is 72.4 Å². The van der Waals surface area contributed by atoms with Gasteiger partial charge < -0.3 is 15.8 Å². The molecule has 0 aliphatic heterocycles. The topological polar surface area (TPSA) is 98.8 Å². The summed E-state index contributed by atoms with van der Waals surface area (Å²) in [4.78, 5) is 17.1. The Hall–Kier alpha value is -3.74. The zero-order valence-corrected chi connectivity index (χ0v) is 14.8. The van der Waals surface area contributed by atoms with Gasteiger partial charge in [-0.2, -0.15) is 4.98 Å². The van der Waals surface area contributed by atoms with Crippen molar-refractivity contribution in [2.75, 3.05) is 11.1 Å². The molecule has 4 rings (SSSR count). The molecule has 4 aromatic rings. The first kappa shape index (κ1) is 16.7. The van der Waals surface area contributed by atoms with E-state index in [1.807, 2.05) is 49.4 Å². The monoisotopic (exact) mass is 358 g/mol. The van der Waals surface area contributed by atoms with Gasteiger partial charge in [0.05, 0.1) is 0 Å². The summed E-state index contributed by atoms with van der Waals surface area (Å²) in [6.45, 7) is 2.49. The summed E-state index contributed by atoms with van der Waals surface area (Å²) in [5, 5.41) is 4.18. The number of nitrogens with zero attached hydrogens (tertiary/aromatic N) is 4. The molecule has 0 spiro atoms. The smallest absolute Gasteiger partial charge is 0.248 e. The molecule has 3 aromatic heterocycles. The molecule has 0 radical (unpaired) electrons. The van der Waals surface area contributed by atoms with Crippen LogP contribution in [0, 0.1) is 6.92 Å². The number of nitrogens with two attached hydrogens (primary N) is 1. The number of pyridine rings is 2. The van der Waals surface area contributed by atoms with Gasteiger partial charge in [-0.15, -0.1) is 0 Å². The minimum atomic E-state index is 0.287. The van der Waals surface area contributed by atoms with Crippen LogP contribution in [0.5, 0.6) is 11.6 Å². The lowest BCUT2D eigenvalue weighted by atomic mass is 10.2. The number of fused-ring (bicyclic) bond motifs is 1. The van der Waals surface area contributed by atoms with Crippen molar-refractivity contribution in [2.24, 2.45) is 0 Å². The second-order valence-corrected chi connectivity index (χ2v) is 6.04. The molecule has 3 heterocycles. The average molecular weight is 358 g/mol. The Balaban J connectivity index is 1.61. The maximum Gasteiger partial charge on any atom is 0.248 e. The molecule has 0 unspecified atom stereocenters. The number of anilines is 2. The van der Waals surface area contributed by atoms with E-state index in [2.05, 4.69) is 25.3 Å². The van der Waals surface area contributed by atoms with Gasteiger partial charge in [0.1, 0.15) is 17.5 Å². The van der Waals surface area contributed by atoms with E-state index in [0.717, 1.165) is 22.2 Å². The number of hydrogen-bond donors (Lipinski definition) is 2. The number of para-hydroxylation sites is 1. The van der Waals surface area contributed by atoms with Crippen LogP contribution in [0.4, 0.5) is 11.5 Å². The van der Waals surface area contributed by atoms with Crippen LogP contribution in [-0.4, -0.2) is 19.9 Å². The number of nitrogen functional groups attached to an aromatic ring is 1. The van der Waals surface area contributed by atoms with Gasteiger partial charge in [-0.3, -0.25) is 4.98 Å². The summed E-state index contributed by atoms with van der Waals surface area (Å²) < 4.78 is 5.98. The van der Waals surface area contributed by atoms with Gasteiger partial charge in [0, 0.05) is 30.0 Å². The molecule has 0 amide bonds. The van der Waals surface area contributed by atoms with E-state index in [9.17, 15) is 0 Å². The van der Waals surface area contributed by atoms with Crippen LogP contribution in [0.2, 0.25) is 0 Å². The lowest BCUT2D eigenvalue weighted by Gasteiger charge is -2.12. The molecular formula is C20H18N6O. The Bertz CT molecular complexity index is 1080. The van der Waals surface area contributed by atoms with E-state index in [-0.39, 0.29) is 5.88 Å². The molecule has 1 aromatic carbocycles. The average Bonchev–Trinajstić information content (AvgIpc) is 2.70. The Morgan fingerprint density at radius 2 is 2.00 bits per heavy atom. The van der Waals surface area contributed by atoms with Gasteiger partial charge in [0.25, 0.3) is 0 Å². The van der Waals surface area contributed by atoms with Gasteiger partial charge >= 0.3 is 0 Å². The first-order chi connectivity index (χ1) is 13.2. The first-order valence-electron chi connectivity index (χ1n) is 8.48. The van der Waals surface area contributed by atoms with E-state index >= 15 is 0 Å². The molecule has 134 valence electrons. The Morgan fingerprint density at radius 3 is 2.85 bits per heavy atom. The highest BCUT2D eigenvalue weighted by Crippen LogP contribution is 2.32. The fourth-order valence-electron chi connectivity index (χ4n) is 2.69. The third-order valence-electron chi connectivity index (χ3n) is 4.06. The van der Waals surface area contributed by atoms with E-state index in [1.165, 1.54) is 6.33 Å². The molecule has 0 saturated carbocycles. The third kappa shape index (κ3) is 3.62. The fraction of sp³-hybridized carbons (Fsp3) is 0.100. The van der Waals surface area contributed by atoms with E-state index in [1.54, 1.807) is 12.4 Å². The van der Waals surface area contributed by atoms with Crippen molar-refractivity contribution in [1.82, 2.24) is 19.9 Å². The zero-order valence-electron chi connectivity index (χ0n) is 14.8. The number of aryl methyl sites for hydroxylation is 1. The van der Waals surface area contributed by atoms with Crippen molar-refractivity contribution >= 4 is 22.4 Å². The Kier molecular flexibility index (Phi) is 4.49. The summed E-state index contributed by atoms with van der Waals surface area (Å²) >= 11 is 0. The maximum absolute atomic E-state index is 6.22. The van der Waals surface area contributed by atoms with Crippen molar-refractivity contribution in [1.29, 1.82) is 0 Å². The quantitative estimate of drug-likeness (QED) is 0.561. The van der Waals surface area contributed by atoms with E-state index in [0.29, 0.717) is 23.8 Å². The summed E-state index contributed by atoms with van der Waals surface area (Å²) in [5.41, 5.74) is 9.25. The van der Waals surface area contributed by atoms with Crippen LogP contribution in [0.1, 0.15) is 11.3 Å². The number of hydrogen-bond acceptors (Lipinski definition) is 7. The van der Waals surface area contributed by atoms with Gasteiger partial charge in [-0.1, -0.05) is 24.3 Å². The Labute approximate surface area is 156 Å². The standard InChI is InChI=1S/C20H18N6O/c1-13-7-8-15-5-2-6-16(18(15)26-13)27-20-17(21)19(24-12-25-20)23-11-14-4-3-9-22-10-14/h2-10,12H,11,21H2,1H3,(H,23,24,25). The summed E-state index contributed by atoms with van der Waals surface area (Å²) in [7, 11) is 0. The number of benzene rings is 1. The molecule has 3 N–H and O–H groups in total. The van der Waals surface area contributed by atoms with Crippen LogP contribution in [0.3, 0.4) is 0 Å². The third-order valence-corrected chi connectivity index (χ3v) is 4.06. The van der Waals surface area contributed by atoms with Crippen LogP contribution >= 0.6 is 0 Å². The second kappa shape index (κ2) is 7.25. The molecule has 0 fully saturated rings. The molecule has 7 nitrogen and oxygen atoms in total. The largest absolute Gasteiger partial charge is 0.435 e. The van der Waals surface area contributed by atoms with Gasteiger partial charge in [0.2, 0.25) is 5.88 Å². The number of rotatable bonds is 5. The van der Waals surface area contributed by atoms with Gasteiger partial charge in [0.15, 0.2) is 11.6 Å². The lowest BCUT2D eigenvalue weighted by Crippen LogP contribution is -2.07. The SMILES string of the molecule is Cc1ccc2cccc(Oc3ncnc(NCc4cccnc4)c3N)c2n1. The summed E-state index contributed by atoms with van der Waals surface area (Å²) in [5.74, 6) is 1.39. The van der Waals surface area contributed by atoms with Crippen LogP contribution in [0.15, 0.2) is 61.2 Å². The molecule has 0 bridgehead atoms. The van der Waals surface area contributed by atoms with Crippen LogP contribution < -0.4 is 15.8 Å². The molecule has 0 aliphatic rings. The predicted octanol–water partition coefficient (Wildman–Crippen LogP) is 3.71. The molecule has 0 saturated heterocycles. The highest BCUT2D eigenvalue weighted by Gasteiger charge is 2.12. The molecule has 0 atom stereocenters. The molecule has 0 aliphatic carbocycles. The summed E-state index contributed by atoms with van der Waals surface area (Å²) in [6, 6.07) is 13.6. The highest BCUT2D eigenvalue weighted by atomic mass is 16.5. The normalized spacial score (nSPS) is 10.7. The highest BCUT2D eigenvalue weighted by molar-refractivity contribution is 5.85. The van der Waals surface area contributed by atoms with E-state index in [4.69, 9.17) is 10.5 Å². The minimum Gasteiger partial charge on any atom is -0.435 e. The van der Waals surface area contributed by atoms with Gasteiger partial charge in [-0.25, -0.2) is 9.97 Å². The van der Waals surface area contributed by atoms with Crippen LogP contribution in [0.25, 0.3) is 10.9 Å². The first-order valence-corrected chi connectivity index (χ1v) is 8.48. The predicted molar refractivity (Wildman–Crippen MR) is 105 cm³/mol. The summed E-state index contributed by atoms with van der Waals surface area (Å²) in [6.07, 6.45) is 4.93. The van der Waals surface area contributed by atoms with Crippen molar-refractivity contribution in [3.63, 3.8) is 0 Å². The maximum atomic E-state index is 6.22. The van der Waals surface area contributed by atoms with Crippen LogP contribution in [-0.2, 0) is 6.54 Å². The fourth-order valence-corrected chi connectivity index (χ4v) is 2.69. The number of ether oxygens (including phenoxy) is 1. The van der Waals surface area contributed by atoms with Crippen molar-refractivity contribution in [2.45, 2.75) is 13.5 Å². The Morgan fingerprint density at radius 1 is 1.07 bits per heavy atom. The minimum absolute atomic E-state index is 0.287. The molecule has 7 heteroatoms. The van der Waals surface area contributed by atoms with Crippen molar-refractivity contribution < 1.29 is 4.74 Å². The van der Waals surface area contributed by atoms with E-state index < -0.39 is 0 Å². The lowest BCUT2D eigenvalue weighted by molar-refractivity contribution is 0.468.